The highest BCUT2D eigenvalue weighted by Gasteiger charge is 2.36. The Balaban J connectivity index is 1.02. The summed E-state index contributed by atoms with van der Waals surface area (Å²) in [6.45, 7) is 4.75. The second-order valence-corrected chi connectivity index (χ2v) is 16.9. The smallest absolute Gasteiger partial charge is 0.0544 e. The largest absolute Gasteiger partial charge is 0.309 e. The van der Waals surface area contributed by atoms with Crippen molar-refractivity contribution >= 4 is 21.8 Å². The van der Waals surface area contributed by atoms with Crippen LogP contribution in [0, 0.1) is 0 Å². The lowest BCUT2D eigenvalue weighted by Gasteiger charge is -2.21. The molecule has 2 aliphatic rings. The molecule has 0 aliphatic heterocycles. The van der Waals surface area contributed by atoms with E-state index in [1.807, 2.05) is 0 Å². The van der Waals surface area contributed by atoms with Crippen molar-refractivity contribution in [1.29, 1.82) is 0 Å². The van der Waals surface area contributed by atoms with Gasteiger partial charge < -0.3 is 4.57 Å². The average molecular weight is 752 g/mol. The van der Waals surface area contributed by atoms with Crippen LogP contribution in [0.2, 0.25) is 0 Å². The maximum atomic E-state index is 2.49. The number of fused-ring (bicyclic) bond motifs is 9. The van der Waals surface area contributed by atoms with Crippen LogP contribution in [0.4, 0.5) is 0 Å². The molecular weight excluding hydrogens is 711 g/mol. The first kappa shape index (κ1) is 33.9. The van der Waals surface area contributed by atoms with Gasteiger partial charge in [-0.15, -0.1) is 0 Å². The predicted octanol–water partition coefficient (Wildman–Crippen LogP) is 15.3. The lowest BCUT2D eigenvalue weighted by atomic mass is 9.82. The minimum Gasteiger partial charge on any atom is -0.309 e. The maximum Gasteiger partial charge on any atom is 0.0544 e. The van der Waals surface area contributed by atoms with Crippen molar-refractivity contribution < 1.29 is 0 Å². The molecule has 278 valence electrons. The molecular formula is C58H41N. The summed E-state index contributed by atoms with van der Waals surface area (Å²) in [4.78, 5) is 0. The van der Waals surface area contributed by atoms with E-state index in [9.17, 15) is 0 Å². The Hall–Kier alpha value is -7.22. The van der Waals surface area contributed by atoms with Crippen LogP contribution in [-0.4, -0.2) is 4.57 Å². The first-order valence-electron chi connectivity index (χ1n) is 20.8. The van der Waals surface area contributed by atoms with E-state index in [-0.39, 0.29) is 11.3 Å². The zero-order chi connectivity index (χ0) is 39.2. The first-order chi connectivity index (χ1) is 29.0. The fraction of sp³-hybridized carbons (Fsp3) is 0.0690. The molecule has 9 aromatic carbocycles. The lowest BCUT2D eigenvalue weighted by Crippen LogP contribution is -2.14. The fourth-order valence-corrected chi connectivity index (χ4v) is 10.4. The molecule has 0 fully saturated rings. The van der Waals surface area contributed by atoms with Crippen molar-refractivity contribution in [2.24, 2.45) is 0 Å². The van der Waals surface area contributed by atoms with E-state index < -0.39 is 0 Å². The first-order valence-corrected chi connectivity index (χ1v) is 20.8. The molecule has 1 heteroatoms. The highest BCUT2D eigenvalue weighted by atomic mass is 15.0. The molecule has 2 aliphatic carbocycles. The lowest BCUT2D eigenvalue weighted by molar-refractivity contribution is 0.661. The number of benzene rings is 9. The van der Waals surface area contributed by atoms with Gasteiger partial charge in [0.05, 0.1) is 11.0 Å². The van der Waals surface area contributed by atoms with Gasteiger partial charge in [0.2, 0.25) is 0 Å². The Bertz CT molecular complexity index is 3270. The monoisotopic (exact) mass is 751 g/mol. The summed E-state index contributed by atoms with van der Waals surface area (Å²) in [5.41, 5.74) is 23.1. The molecule has 0 saturated heterocycles. The molecule has 0 radical (unpaired) electrons. The molecule has 1 nitrogen and oxygen atoms in total. The summed E-state index contributed by atoms with van der Waals surface area (Å²) in [5, 5.41) is 2.55. The standard InChI is InChI=1S/C58H41N/c1-58(2)53-23-12-11-21-46(53)50-35-52-51-34-43(29-31-55(51)59(56(52)36-54(50)58)44-19-13-18-41(32-44)38-16-7-4-8-17-38)42-28-30-48-49(33-42)45-20-9-10-22-47(45)57(48)40-26-24-39(25-27-40)37-14-5-3-6-15-37/h3-36,57H,1-2H3. The maximum absolute atomic E-state index is 2.49. The third-order valence-electron chi connectivity index (χ3n) is 13.3. The van der Waals surface area contributed by atoms with Crippen LogP contribution in [0.1, 0.15) is 47.6 Å². The molecule has 10 aromatic rings. The zero-order valence-electron chi connectivity index (χ0n) is 33.2. The minimum atomic E-state index is -0.0963. The van der Waals surface area contributed by atoms with Crippen molar-refractivity contribution in [3.63, 3.8) is 0 Å². The van der Waals surface area contributed by atoms with Crippen molar-refractivity contribution in [2.45, 2.75) is 25.2 Å². The molecule has 1 heterocycles. The summed E-state index contributed by atoms with van der Waals surface area (Å²) in [6, 6.07) is 76.8. The molecule has 12 rings (SSSR count). The number of hydrogen-bond acceptors (Lipinski definition) is 0. The van der Waals surface area contributed by atoms with Crippen molar-refractivity contribution in [3.05, 3.63) is 234 Å². The average Bonchev–Trinajstić information content (AvgIpc) is 3.88. The van der Waals surface area contributed by atoms with Gasteiger partial charge in [-0.3, -0.25) is 0 Å². The molecule has 0 amide bonds. The van der Waals surface area contributed by atoms with Gasteiger partial charge in [0.25, 0.3) is 0 Å². The Kier molecular flexibility index (Phi) is 7.40. The summed E-state index contributed by atoms with van der Waals surface area (Å²) in [6.07, 6.45) is 0. The predicted molar refractivity (Wildman–Crippen MR) is 247 cm³/mol. The highest BCUT2D eigenvalue weighted by Crippen LogP contribution is 2.52. The van der Waals surface area contributed by atoms with Crippen LogP contribution in [0.25, 0.3) is 83.1 Å². The Morgan fingerprint density at radius 3 is 1.73 bits per heavy atom. The third-order valence-corrected chi connectivity index (χ3v) is 13.3. The van der Waals surface area contributed by atoms with Crippen LogP contribution in [-0.2, 0) is 5.41 Å². The van der Waals surface area contributed by atoms with Crippen LogP contribution in [0.15, 0.2) is 206 Å². The van der Waals surface area contributed by atoms with Crippen molar-refractivity contribution in [3.8, 4) is 61.3 Å². The van der Waals surface area contributed by atoms with E-state index in [2.05, 4.69) is 225 Å². The van der Waals surface area contributed by atoms with Gasteiger partial charge in [-0.2, -0.15) is 0 Å². The minimum absolute atomic E-state index is 0.0963. The van der Waals surface area contributed by atoms with Gasteiger partial charge in [-0.1, -0.05) is 178 Å². The molecule has 1 aromatic heterocycles. The van der Waals surface area contributed by atoms with Gasteiger partial charge in [-0.25, -0.2) is 0 Å². The molecule has 1 unspecified atom stereocenters. The second-order valence-electron chi connectivity index (χ2n) is 16.9. The van der Waals surface area contributed by atoms with Crippen molar-refractivity contribution in [2.75, 3.05) is 0 Å². The Labute approximate surface area is 345 Å². The number of rotatable bonds is 5. The summed E-state index contributed by atoms with van der Waals surface area (Å²) in [7, 11) is 0. The fourth-order valence-electron chi connectivity index (χ4n) is 10.4. The van der Waals surface area contributed by atoms with Gasteiger partial charge in [-0.05, 0) is 126 Å². The van der Waals surface area contributed by atoms with E-state index in [1.165, 1.54) is 111 Å². The molecule has 1 atom stereocenters. The summed E-state index contributed by atoms with van der Waals surface area (Å²) < 4.78 is 2.49. The van der Waals surface area contributed by atoms with Gasteiger partial charge >= 0.3 is 0 Å². The Morgan fingerprint density at radius 2 is 0.932 bits per heavy atom. The van der Waals surface area contributed by atoms with Crippen LogP contribution < -0.4 is 0 Å². The SMILES string of the molecule is CC1(C)c2ccccc2-c2cc3c4cc(-c5ccc6c(c5)-c5ccccc5C6c5ccc(-c6ccccc6)cc5)ccc4n(-c4cccc(-c5ccccc5)c4)c3cc21. The zero-order valence-corrected chi connectivity index (χ0v) is 33.2. The normalized spacial score (nSPS) is 14.6. The van der Waals surface area contributed by atoms with Crippen LogP contribution >= 0.6 is 0 Å². The number of nitrogens with zero attached hydrogens (tertiary/aromatic N) is 1. The number of hydrogen-bond donors (Lipinski definition) is 0. The van der Waals surface area contributed by atoms with Gasteiger partial charge in [0, 0.05) is 27.8 Å². The summed E-state index contributed by atoms with van der Waals surface area (Å²) in [5.74, 6) is 0.196. The third kappa shape index (κ3) is 5.18. The molecule has 59 heavy (non-hydrogen) atoms. The quantitative estimate of drug-likeness (QED) is 0.165. The van der Waals surface area contributed by atoms with Gasteiger partial charge in [0.1, 0.15) is 0 Å². The highest BCUT2D eigenvalue weighted by molar-refractivity contribution is 6.13. The Morgan fingerprint density at radius 1 is 0.356 bits per heavy atom. The second kappa shape index (κ2) is 12.9. The van der Waals surface area contributed by atoms with Crippen LogP contribution in [0.3, 0.4) is 0 Å². The van der Waals surface area contributed by atoms with Crippen LogP contribution in [0.5, 0.6) is 0 Å². The molecule has 0 bridgehead atoms. The topological polar surface area (TPSA) is 4.93 Å². The molecule has 0 saturated carbocycles. The van der Waals surface area contributed by atoms with E-state index in [1.54, 1.807) is 0 Å². The van der Waals surface area contributed by atoms with E-state index >= 15 is 0 Å². The number of aromatic nitrogens is 1. The van der Waals surface area contributed by atoms with E-state index in [0.29, 0.717) is 0 Å². The van der Waals surface area contributed by atoms with E-state index in [0.717, 1.165) is 0 Å². The molecule has 0 N–H and O–H groups in total. The van der Waals surface area contributed by atoms with Gasteiger partial charge in [0.15, 0.2) is 0 Å². The summed E-state index contributed by atoms with van der Waals surface area (Å²) >= 11 is 0. The van der Waals surface area contributed by atoms with E-state index in [4.69, 9.17) is 0 Å². The molecule has 0 spiro atoms. The van der Waals surface area contributed by atoms with Crippen molar-refractivity contribution in [1.82, 2.24) is 4.57 Å².